The van der Waals surface area contributed by atoms with Gasteiger partial charge in [-0.25, -0.2) is 4.79 Å². The number of hydrogen-bond acceptors (Lipinski definition) is 5. The summed E-state index contributed by atoms with van der Waals surface area (Å²) in [7, 11) is 1.61. The van der Waals surface area contributed by atoms with Gasteiger partial charge in [-0.3, -0.25) is 5.43 Å². The van der Waals surface area contributed by atoms with Crippen LogP contribution in [0.3, 0.4) is 0 Å². The van der Waals surface area contributed by atoms with Gasteiger partial charge in [0.2, 0.25) is 0 Å². The minimum Gasteiger partial charge on any atom is -0.493 e. The maximum Gasteiger partial charge on any atom is 0.335 e. The molecule has 27 heavy (non-hydrogen) atoms. The molecule has 0 atom stereocenters. The van der Waals surface area contributed by atoms with Crippen LogP contribution in [0.2, 0.25) is 0 Å². The molecule has 0 heterocycles. The molecule has 0 saturated heterocycles. The van der Waals surface area contributed by atoms with Crippen molar-refractivity contribution < 1.29 is 19.4 Å². The molecule has 0 radical (unpaired) electrons. The Morgan fingerprint density at radius 2 is 2.00 bits per heavy atom. The summed E-state index contributed by atoms with van der Waals surface area (Å²) in [6, 6.07) is 12.1. The van der Waals surface area contributed by atoms with Gasteiger partial charge < -0.3 is 14.6 Å². The first-order chi connectivity index (χ1) is 13.1. The summed E-state index contributed by atoms with van der Waals surface area (Å²) in [6.07, 6.45) is 6.25. The van der Waals surface area contributed by atoms with Crippen LogP contribution >= 0.6 is 0 Å². The van der Waals surface area contributed by atoms with Crippen LogP contribution in [0.5, 0.6) is 11.5 Å². The van der Waals surface area contributed by atoms with Gasteiger partial charge in [-0.05, 0) is 48.4 Å². The molecule has 2 aromatic carbocycles. The molecule has 2 N–H and O–H groups in total. The van der Waals surface area contributed by atoms with E-state index in [1.165, 1.54) is 25.0 Å². The van der Waals surface area contributed by atoms with E-state index >= 15 is 0 Å². The minimum absolute atomic E-state index is 0.206. The normalized spacial score (nSPS) is 10.7. The highest BCUT2D eigenvalue weighted by molar-refractivity contribution is 5.89. The number of aromatic carboxylic acids is 1. The third-order valence-electron chi connectivity index (χ3n) is 3.96. The van der Waals surface area contributed by atoms with Crippen LogP contribution in [-0.4, -0.2) is 31.0 Å². The van der Waals surface area contributed by atoms with Crippen molar-refractivity contribution in [1.82, 2.24) is 0 Å². The van der Waals surface area contributed by atoms with Crippen molar-refractivity contribution in [3.63, 3.8) is 0 Å². The lowest BCUT2D eigenvalue weighted by Gasteiger charge is -2.11. The van der Waals surface area contributed by atoms with Crippen molar-refractivity contribution in [2.75, 3.05) is 19.1 Å². The van der Waals surface area contributed by atoms with E-state index in [-0.39, 0.29) is 5.56 Å². The minimum atomic E-state index is -0.974. The highest BCUT2D eigenvalue weighted by atomic mass is 16.5. The van der Waals surface area contributed by atoms with E-state index < -0.39 is 5.97 Å². The second-order valence-electron chi connectivity index (χ2n) is 6.08. The number of benzene rings is 2. The highest BCUT2D eigenvalue weighted by Gasteiger charge is 2.05. The lowest BCUT2D eigenvalue weighted by molar-refractivity contribution is 0.0697. The largest absolute Gasteiger partial charge is 0.493 e. The van der Waals surface area contributed by atoms with Crippen LogP contribution in [0.4, 0.5) is 5.69 Å². The molecular weight excluding hydrogens is 344 g/mol. The van der Waals surface area contributed by atoms with Crippen molar-refractivity contribution in [3.8, 4) is 11.5 Å². The molecule has 0 spiro atoms. The Labute approximate surface area is 159 Å². The number of methoxy groups -OCH3 is 1. The molecule has 0 aromatic heterocycles. The Balaban J connectivity index is 1.95. The number of hydrazone groups is 1. The molecule has 0 amide bonds. The van der Waals surface area contributed by atoms with Gasteiger partial charge in [0.15, 0.2) is 11.5 Å². The van der Waals surface area contributed by atoms with Crippen molar-refractivity contribution in [2.45, 2.75) is 32.6 Å². The number of carbonyl (C=O) groups is 1. The molecular formula is C21H26N2O4. The molecule has 0 aliphatic carbocycles. The van der Waals surface area contributed by atoms with Gasteiger partial charge >= 0.3 is 5.97 Å². The SMILES string of the molecule is CCCCCCOc1ccc(/C=N/Nc2cccc(C(=O)O)c2)cc1OC. The molecule has 6 nitrogen and oxygen atoms in total. The predicted molar refractivity (Wildman–Crippen MR) is 107 cm³/mol. The summed E-state index contributed by atoms with van der Waals surface area (Å²) in [6.45, 7) is 2.85. The average Bonchev–Trinajstić information content (AvgIpc) is 2.68. The fraction of sp³-hybridized carbons (Fsp3) is 0.333. The molecule has 0 saturated carbocycles. The number of rotatable bonds is 11. The molecule has 0 aliphatic heterocycles. The summed E-state index contributed by atoms with van der Waals surface area (Å²) in [5.74, 6) is 0.397. The van der Waals surface area contributed by atoms with Crippen LogP contribution in [0.1, 0.15) is 48.5 Å². The summed E-state index contributed by atoms with van der Waals surface area (Å²) < 4.78 is 11.2. The van der Waals surface area contributed by atoms with Gasteiger partial charge in [-0.15, -0.1) is 0 Å². The standard InChI is InChI=1S/C21H26N2O4/c1-3-4-5-6-12-27-19-11-10-16(13-20(19)26-2)15-22-23-18-9-7-8-17(14-18)21(24)25/h7-11,13-15,23H,3-6,12H2,1-2H3,(H,24,25)/b22-15+. The number of nitrogens with one attached hydrogen (secondary N) is 1. The fourth-order valence-electron chi connectivity index (χ4n) is 2.50. The summed E-state index contributed by atoms with van der Waals surface area (Å²) in [5.41, 5.74) is 4.48. The second-order valence-corrected chi connectivity index (χ2v) is 6.08. The third-order valence-corrected chi connectivity index (χ3v) is 3.96. The Kier molecular flexibility index (Phi) is 8.16. The Morgan fingerprint density at radius 1 is 1.15 bits per heavy atom. The molecule has 0 bridgehead atoms. The lowest BCUT2D eigenvalue weighted by Crippen LogP contribution is -2.00. The first-order valence-corrected chi connectivity index (χ1v) is 9.07. The molecule has 2 aromatic rings. The van der Waals surface area contributed by atoms with E-state index in [2.05, 4.69) is 17.5 Å². The number of anilines is 1. The maximum atomic E-state index is 11.0. The van der Waals surface area contributed by atoms with Crippen molar-refractivity contribution >= 4 is 17.9 Å². The van der Waals surface area contributed by atoms with E-state index in [4.69, 9.17) is 14.6 Å². The number of ether oxygens (including phenoxy) is 2. The molecule has 144 valence electrons. The van der Waals surface area contributed by atoms with Crippen LogP contribution in [0.15, 0.2) is 47.6 Å². The summed E-state index contributed by atoms with van der Waals surface area (Å²) in [4.78, 5) is 11.0. The van der Waals surface area contributed by atoms with Gasteiger partial charge in [0.1, 0.15) is 0 Å². The predicted octanol–water partition coefficient (Wildman–Crippen LogP) is 4.80. The van der Waals surface area contributed by atoms with Crippen LogP contribution in [0, 0.1) is 0 Å². The number of carboxylic acids is 1. The molecule has 2 rings (SSSR count). The number of carboxylic acid groups (broad SMARTS) is 1. The monoisotopic (exact) mass is 370 g/mol. The first kappa shape index (κ1) is 20.3. The van der Waals surface area contributed by atoms with Crippen LogP contribution < -0.4 is 14.9 Å². The lowest BCUT2D eigenvalue weighted by atomic mass is 10.2. The van der Waals surface area contributed by atoms with Gasteiger partial charge in [0.25, 0.3) is 0 Å². The van der Waals surface area contributed by atoms with Gasteiger partial charge in [0, 0.05) is 0 Å². The van der Waals surface area contributed by atoms with E-state index in [1.807, 2.05) is 18.2 Å². The van der Waals surface area contributed by atoms with E-state index in [1.54, 1.807) is 25.5 Å². The van der Waals surface area contributed by atoms with Crippen molar-refractivity contribution in [1.29, 1.82) is 0 Å². The van der Waals surface area contributed by atoms with E-state index in [0.717, 1.165) is 18.4 Å². The number of nitrogens with zero attached hydrogens (tertiary/aromatic N) is 1. The van der Waals surface area contributed by atoms with Crippen LogP contribution in [-0.2, 0) is 0 Å². The van der Waals surface area contributed by atoms with Gasteiger partial charge in [-0.1, -0.05) is 32.3 Å². The van der Waals surface area contributed by atoms with E-state index in [9.17, 15) is 4.79 Å². The molecule has 0 unspecified atom stereocenters. The van der Waals surface area contributed by atoms with Crippen molar-refractivity contribution in [2.24, 2.45) is 5.10 Å². The Morgan fingerprint density at radius 3 is 2.74 bits per heavy atom. The Hall–Kier alpha value is -3.02. The number of hydrogen-bond donors (Lipinski definition) is 2. The molecule has 0 fully saturated rings. The zero-order valence-electron chi connectivity index (χ0n) is 15.8. The molecule has 6 heteroatoms. The average molecular weight is 370 g/mol. The zero-order valence-corrected chi connectivity index (χ0v) is 15.8. The van der Waals surface area contributed by atoms with Gasteiger partial charge in [0.05, 0.1) is 31.2 Å². The second kappa shape index (κ2) is 10.9. The molecule has 0 aliphatic rings. The van der Waals surface area contributed by atoms with E-state index in [0.29, 0.717) is 23.8 Å². The Bertz CT molecular complexity index is 775. The number of unbranched alkanes of at least 4 members (excludes halogenated alkanes) is 3. The van der Waals surface area contributed by atoms with Gasteiger partial charge in [-0.2, -0.15) is 5.10 Å². The highest BCUT2D eigenvalue weighted by Crippen LogP contribution is 2.27. The summed E-state index contributed by atoms with van der Waals surface area (Å²) >= 11 is 0. The first-order valence-electron chi connectivity index (χ1n) is 9.07. The topological polar surface area (TPSA) is 80.2 Å². The third kappa shape index (κ3) is 6.66. The smallest absolute Gasteiger partial charge is 0.335 e. The fourth-order valence-corrected chi connectivity index (χ4v) is 2.50. The van der Waals surface area contributed by atoms with Crippen LogP contribution in [0.25, 0.3) is 0 Å². The zero-order chi connectivity index (χ0) is 19.5. The van der Waals surface area contributed by atoms with Crippen molar-refractivity contribution in [3.05, 3.63) is 53.6 Å². The maximum absolute atomic E-state index is 11.0. The summed E-state index contributed by atoms with van der Waals surface area (Å²) in [5, 5.41) is 13.2. The quantitative estimate of drug-likeness (QED) is 0.337.